The molecule has 2 aromatic carbocycles. The number of carbonyl (C=O) groups is 1. The lowest BCUT2D eigenvalue weighted by Gasteiger charge is -2.33. The summed E-state index contributed by atoms with van der Waals surface area (Å²) in [5, 5.41) is 3.26. The van der Waals surface area contributed by atoms with Gasteiger partial charge >= 0.3 is 6.18 Å². The van der Waals surface area contributed by atoms with Crippen LogP contribution >= 0.6 is 0 Å². The average molecular weight is 422 g/mol. The topological polar surface area (TPSA) is 41.6 Å². The summed E-state index contributed by atoms with van der Waals surface area (Å²) in [5.74, 6) is -0.867. The molecule has 30 heavy (non-hydrogen) atoms. The van der Waals surface area contributed by atoms with E-state index >= 15 is 0 Å². The minimum absolute atomic E-state index is 0.00476. The van der Waals surface area contributed by atoms with E-state index in [0.717, 1.165) is 49.1 Å². The Morgan fingerprint density at radius 2 is 1.87 bits per heavy atom. The van der Waals surface area contributed by atoms with Crippen LogP contribution in [0.25, 0.3) is 0 Å². The molecule has 4 rings (SSSR count). The molecule has 1 amide bonds. The van der Waals surface area contributed by atoms with Gasteiger partial charge in [-0.2, -0.15) is 13.2 Å². The molecule has 0 saturated carbocycles. The lowest BCUT2D eigenvalue weighted by atomic mass is 9.94. The van der Waals surface area contributed by atoms with E-state index in [4.69, 9.17) is 4.74 Å². The predicted octanol–water partition coefficient (Wildman–Crippen LogP) is 4.52. The molecule has 2 aliphatic heterocycles. The Morgan fingerprint density at radius 1 is 1.10 bits per heavy atom. The Kier molecular flexibility index (Phi) is 5.69. The second kappa shape index (κ2) is 8.26. The minimum Gasteiger partial charge on any atom is -0.457 e. The fourth-order valence-corrected chi connectivity index (χ4v) is 4.03. The molecule has 1 fully saturated rings. The molecular formula is C22H22F4N2O2. The molecule has 0 bridgehead atoms. The third-order valence-corrected chi connectivity index (χ3v) is 5.63. The molecule has 0 spiro atoms. The normalized spacial score (nSPS) is 19.3. The second-order valence-electron chi connectivity index (χ2n) is 7.73. The number of alkyl halides is 3. The number of nitrogens with one attached hydrogen (secondary N) is 1. The van der Waals surface area contributed by atoms with E-state index in [1.807, 2.05) is 11.0 Å². The molecule has 0 aliphatic carbocycles. The highest BCUT2D eigenvalue weighted by atomic mass is 19.4. The van der Waals surface area contributed by atoms with Crippen molar-refractivity contribution in [3.63, 3.8) is 0 Å². The Hall–Kier alpha value is -2.61. The number of benzene rings is 2. The van der Waals surface area contributed by atoms with E-state index in [1.165, 1.54) is 0 Å². The quantitative estimate of drug-likeness (QED) is 0.740. The van der Waals surface area contributed by atoms with Crippen LogP contribution in [-0.4, -0.2) is 30.4 Å². The smallest absolute Gasteiger partial charge is 0.419 e. The summed E-state index contributed by atoms with van der Waals surface area (Å²) >= 11 is 0. The Bertz CT molecular complexity index is 939. The van der Waals surface area contributed by atoms with E-state index in [1.54, 1.807) is 12.1 Å². The first-order valence-corrected chi connectivity index (χ1v) is 9.97. The highest BCUT2D eigenvalue weighted by molar-refractivity contribution is 5.79. The molecule has 0 radical (unpaired) electrons. The van der Waals surface area contributed by atoms with Gasteiger partial charge in [0.05, 0.1) is 11.5 Å². The standard InChI is InChI=1S/C22H22F4N2O2/c23-20-11-18(5-6-19(20)22(24,25)26)30-17-4-3-14-7-9-28(13-16(14)10-17)21(29)15-2-1-8-27-12-15/h3-6,10-11,15,27H,1-2,7-9,12-13H2. The summed E-state index contributed by atoms with van der Waals surface area (Å²) in [4.78, 5) is 14.7. The van der Waals surface area contributed by atoms with Crippen molar-refractivity contribution >= 4 is 5.91 Å². The largest absolute Gasteiger partial charge is 0.457 e. The van der Waals surface area contributed by atoms with Crippen LogP contribution in [0.3, 0.4) is 0 Å². The van der Waals surface area contributed by atoms with Crippen molar-refractivity contribution < 1.29 is 27.1 Å². The monoisotopic (exact) mass is 422 g/mol. The maximum atomic E-state index is 13.8. The SMILES string of the molecule is O=C(C1CCCNC1)N1CCc2ccc(Oc3ccc(C(F)(F)F)c(F)c3)cc2C1. The van der Waals surface area contributed by atoms with Crippen LogP contribution in [0.1, 0.15) is 29.5 Å². The van der Waals surface area contributed by atoms with Gasteiger partial charge in [0, 0.05) is 25.7 Å². The zero-order valence-corrected chi connectivity index (χ0v) is 16.3. The maximum Gasteiger partial charge on any atom is 0.419 e. The summed E-state index contributed by atoms with van der Waals surface area (Å²) < 4.78 is 57.5. The fraction of sp³-hybridized carbons (Fsp3) is 0.409. The number of piperidine rings is 1. The number of hydrogen-bond acceptors (Lipinski definition) is 3. The first-order chi connectivity index (χ1) is 14.3. The van der Waals surface area contributed by atoms with Gasteiger partial charge in [0.25, 0.3) is 0 Å². The van der Waals surface area contributed by atoms with Crippen molar-refractivity contribution in [1.29, 1.82) is 0 Å². The Morgan fingerprint density at radius 3 is 2.57 bits per heavy atom. The van der Waals surface area contributed by atoms with E-state index in [-0.39, 0.29) is 17.6 Å². The number of fused-ring (bicyclic) bond motifs is 1. The third-order valence-electron chi connectivity index (χ3n) is 5.63. The molecule has 1 atom stereocenters. The molecule has 4 nitrogen and oxygen atoms in total. The van der Waals surface area contributed by atoms with Gasteiger partial charge < -0.3 is 15.0 Å². The third kappa shape index (κ3) is 4.43. The van der Waals surface area contributed by atoms with Crippen molar-refractivity contribution in [1.82, 2.24) is 10.2 Å². The molecule has 0 aromatic heterocycles. The maximum absolute atomic E-state index is 13.8. The molecular weight excluding hydrogens is 400 g/mol. The van der Waals surface area contributed by atoms with E-state index in [2.05, 4.69) is 5.32 Å². The van der Waals surface area contributed by atoms with Crippen LogP contribution in [0.15, 0.2) is 36.4 Å². The highest BCUT2D eigenvalue weighted by Gasteiger charge is 2.34. The van der Waals surface area contributed by atoms with Crippen LogP contribution in [0.5, 0.6) is 11.5 Å². The molecule has 2 aliphatic rings. The zero-order chi connectivity index (χ0) is 21.3. The van der Waals surface area contributed by atoms with Gasteiger partial charge in [0.15, 0.2) is 0 Å². The van der Waals surface area contributed by atoms with Crippen LogP contribution < -0.4 is 10.1 Å². The van der Waals surface area contributed by atoms with E-state index in [0.29, 0.717) is 31.5 Å². The molecule has 1 saturated heterocycles. The van der Waals surface area contributed by atoms with Crippen LogP contribution in [-0.2, 0) is 23.9 Å². The van der Waals surface area contributed by atoms with Crippen molar-refractivity contribution in [2.24, 2.45) is 5.92 Å². The Labute approximate surface area is 171 Å². The zero-order valence-electron chi connectivity index (χ0n) is 16.3. The summed E-state index contributed by atoms with van der Waals surface area (Å²) in [6.07, 6.45) is -2.14. The summed E-state index contributed by atoms with van der Waals surface area (Å²) in [6.45, 7) is 2.76. The number of rotatable bonds is 3. The lowest BCUT2D eigenvalue weighted by molar-refractivity contribution is -0.140. The summed E-state index contributed by atoms with van der Waals surface area (Å²) in [6, 6.07) is 7.85. The van der Waals surface area contributed by atoms with Crippen LogP contribution in [0.2, 0.25) is 0 Å². The first-order valence-electron chi connectivity index (χ1n) is 9.97. The number of carbonyl (C=O) groups excluding carboxylic acids is 1. The molecule has 2 aromatic rings. The molecule has 1 N–H and O–H groups in total. The number of nitrogens with zero attached hydrogens (tertiary/aromatic N) is 1. The fourth-order valence-electron chi connectivity index (χ4n) is 4.03. The number of hydrogen-bond donors (Lipinski definition) is 1. The van der Waals surface area contributed by atoms with Crippen molar-refractivity contribution in [3.05, 3.63) is 58.9 Å². The van der Waals surface area contributed by atoms with Gasteiger partial charge in [0.2, 0.25) is 5.91 Å². The number of ether oxygens (including phenoxy) is 1. The van der Waals surface area contributed by atoms with Gasteiger partial charge in [-0.25, -0.2) is 4.39 Å². The molecule has 2 heterocycles. The summed E-state index contributed by atoms with van der Waals surface area (Å²) in [5.41, 5.74) is 0.710. The number of halogens is 4. The van der Waals surface area contributed by atoms with Crippen LogP contribution in [0, 0.1) is 11.7 Å². The second-order valence-corrected chi connectivity index (χ2v) is 7.73. The Balaban J connectivity index is 1.48. The van der Waals surface area contributed by atoms with Gasteiger partial charge in [-0.3, -0.25) is 4.79 Å². The van der Waals surface area contributed by atoms with Crippen molar-refractivity contribution in [2.75, 3.05) is 19.6 Å². The summed E-state index contributed by atoms with van der Waals surface area (Å²) in [7, 11) is 0. The minimum atomic E-state index is -4.75. The van der Waals surface area contributed by atoms with Gasteiger partial charge in [-0.1, -0.05) is 6.07 Å². The van der Waals surface area contributed by atoms with Gasteiger partial charge in [-0.15, -0.1) is 0 Å². The highest BCUT2D eigenvalue weighted by Crippen LogP contribution is 2.34. The van der Waals surface area contributed by atoms with Gasteiger partial charge in [0.1, 0.15) is 17.3 Å². The van der Waals surface area contributed by atoms with Crippen molar-refractivity contribution in [2.45, 2.75) is 32.0 Å². The number of amides is 1. The molecule has 8 heteroatoms. The van der Waals surface area contributed by atoms with Crippen LogP contribution in [0.4, 0.5) is 17.6 Å². The van der Waals surface area contributed by atoms with E-state index in [9.17, 15) is 22.4 Å². The lowest BCUT2D eigenvalue weighted by Crippen LogP contribution is -2.44. The van der Waals surface area contributed by atoms with Crippen molar-refractivity contribution in [3.8, 4) is 11.5 Å². The molecule has 160 valence electrons. The molecule has 1 unspecified atom stereocenters. The predicted molar refractivity (Wildman–Crippen MR) is 103 cm³/mol. The first kappa shape index (κ1) is 20.7. The van der Waals surface area contributed by atoms with Gasteiger partial charge in [-0.05, 0) is 61.2 Å². The van der Waals surface area contributed by atoms with E-state index < -0.39 is 17.6 Å². The average Bonchev–Trinajstić information content (AvgIpc) is 2.72.